The summed E-state index contributed by atoms with van der Waals surface area (Å²) in [5.74, 6) is 0.325. The molecule has 0 unspecified atom stereocenters. The summed E-state index contributed by atoms with van der Waals surface area (Å²) in [7, 11) is 1.88. The van der Waals surface area contributed by atoms with Gasteiger partial charge in [0.25, 0.3) is 0 Å². The zero-order valence-corrected chi connectivity index (χ0v) is 13.4. The summed E-state index contributed by atoms with van der Waals surface area (Å²) < 4.78 is 14.8. The average Bonchev–Trinajstić information content (AvgIpc) is 3.13. The van der Waals surface area contributed by atoms with Crippen LogP contribution < -0.4 is 10.2 Å². The molecule has 1 amide bonds. The number of amides is 1. The smallest absolute Gasteiger partial charge is 0.225 e. The van der Waals surface area contributed by atoms with E-state index in [-0.39, 0.29) is 17.4 Å². The number of anilines is 1. The lowest BCUT2D eigenvalue weighted by molar-refractivity contribution is -0.119. The predicted molar refractivity (Wildman–Crippen MR) is 84.9 cm³/mol. The number of aryl methyl sites for hydroxylation is 1. The average molecular weight is 330 g/mol. The summed E-state index contributed by atoms with van der Waals surface area (Å²) in [5, 5.41) is 7.45. The zero-order valence-electron chi connectivity index (χ0n) is 13.4. The number of nitrogens with one attached hydrogen (secondary N) is 1. The zero-order chi connectivity index (χ0) is 16.7. The van der Waals surface area contributed by atoms with E-state index in [1.54, 1.807) is 4.68 Å². The van der Waals surface area contributed by atoms with Gasteiger partial charge in [0.1, 0.15) is 0 Å². The molecule has 1 atom stereocenters. The molecule has 8 heteroatoms. The van der Waals surface area contributed by atoms with E-state index in [0.29, 0.717) is 12.4 Å². The lowest BCUT2D eigenvalue weighted by Crippen LogP contribution is -2.53. The highest BCUT2D eigenvalue weighted by atomic mass is 19.1. The number of piperidine rings is 1. The van der Waals surface area contributed by atoms with Gasteiger partial charge in [0.2, 0.25) is 11.9 Å². The van der Waals surface area contributed by atoms with E-state index in [9.17, 15) is 9.18 Å². The molecule has 2 aromatic rings. The van der Waals surface area contributed by atoms with Crippen molar-refractivity contribution in [2.75, 3.05) is 18.0 Å². The van der Waals surface area contributed by atoms with Crippen molar-refractivity contribution < 1.29 is 9.18 Å². The molecule has 1 N–H and O–H groups in total. The SMILES string of the molecule is Cn1cc([C@H]2CC(=O)NC23CCN(c2ncc(F)cn2)CC3)cn1. The summed E-state index contributed by atoms with van der Waals surface area (Å²) in [6.07, 6.45) is 8.31. The van der Waals surface area contributed by atoms with Gasteiger partial charge in [0, 0.05) is 38.7 Å². The number of nitrogens with zero attached hydrogens (tertiary/aromatic N) is 5. The number of hydrogen-bond acceptors (Lipinski definition) is 5. The Kier molecular flexibility index (Phi) is 3.47. The van der Waals surface area contributed by atoms with Crippen molar-refractivity contribution in [3.8, 4) is 0 Å². The van der Waals surface area contributed by atoms with Crippen molar-refractivity contribution in [3.63, 3.8) is 0 Å². The molecule has 0 aliphatic carbocycles. The topological polar surface area (TPSA) is 75.9 Å². The van der Waals surface area contributed by atoms with Crippen molar-refractivity contribution in [1.29, 1.82) is 0 Å². The molecule has 0 bridgehead atoms. The molecule has 0 aromatic carbocycles. The van der Waals surface area contributed by atoms with Gasteiger partial charge in [-0.05, 0) is 18.4 Å². The Balaban J connectivity index is 1.54. The molecule has 24 heavy (non-hydrogen) atoms. The van der Waals surface area contributed by atoms with Crippen LogP contribution in [0.4, 0.5) is 10.3 Å². The minimum Gasteiger partial charge on any atom is -0.350 e. The molecule has 4 heterocycles. The minimum absolute atomic E-state index is 0.0929. The van der Waals surface area contributed by atoms with E-state index in [4.69, 9.17) is 0 Å². The Morgan fingerprint density at radius 3 is 2.58 bits per heavy atom. The number of carbonyl (C=O) groups excluding carboxylic acids is 1. The molecule has 1 spiro atoms. The van der Waals surface area contributed by atoms with Gasteiger partial charge in [0.05, 0.1) is 24.1 Å². The van der Waals surface area contributed by atoms with Crippen LogP contribution in [-0.2, 0) is 11.8 Å². The van der Waals surface area contributed by atoms with Crippen LogP contribution in [0.15, 0.2) is 24.8 Å². The van der Waals surface area contributed by atoms with Crippen LogP contribution in [0.25, 0.3) is 0 Å². The second-order valence-corrected chi connectivity index (χ2v) is 6.60. The molecule has 7 nitrogen and oxygen atoms in total. The normalized spacial score (nSPS) is 22.8. The summed E-state index contributed by atoms with van der Waals surface area (Å²) in [6.45, 7) is 1.45. The van der Waals surface area contributed by atoms with Crippen LogP contribution >= 0.6 is 0 Å². The van der Waals surface area contributed by atoms with Gasteiger partial charge in [-0.25, -0.2) is 14.4 Å². The Hall–Kier alpha value is -2.51. The fraction of sp³-hybridized carbons (Fsp3) is 0.500. The van der Waals surface area contributed by atoms with E-state index >= 15 is 0 Å². The van der Waals surface area contributed by atoms with E-state index in [2.05, 4.69) is 20.4 Å². The van der Waals surface area contributed by atoms with Crippen LogP contribution in [-0.4, -0.2) is 44.3 Å². The Bertz CT molecular complexity index is 750. The molecule has 0 radical (unpaired) electrons. The first kappa shape index (κ1) is 15.0. The highest BCUT2D eigenvalue weighted by Crippen LogP contribution is 2.43. The van der Waals surface area contributed by atoms with E-state index < -0.39 is 5.82 Å². The maximum atomic E-state index is 13.0. The predicted octanol–water partition coefficient (Wildman–Crippen LogP) is 0.992. The number of aromatic nitrogens is 4. The van der Waals surface area contributed by atoms with Crippen LogP contribution in [0.1, 0.15) is 30.7 Å². The largest absolute Gasteiger partial charge is 0.350 e. The minimum atomic E-state index is -0.438. The Morgan fingerprint density at radius 2 is 1.96 bits per heavy atom. The standard InChI is InChI=1S/C16H19FN6O/c1-22-10-11(7-20-22)13-6-14(24)21-16(13)2-4-23(5-3-16)15-18-8-12(17)9-19-15/h7-10,13H,2-6H2,1H3,(H,21,24)/t13-/m1/s1. The Labute approximate surface area is 138 Å². The molecule has 2 aliphatic heterocycles. The fourth-order valence-corrected chi connectivity index (χ4v) is 3.90. The van der Waals surface area contributed by atoms with Gasteiger partial charge in [-0.3, -0.25) is 9.48 Å². The van der Waals surface area contributed by atoms with Crippen LogP contribution in [0.5, 0.6) is 0 Å². The maximum absolute atomic E-state index is 13.0. The van der Waals surface area contributed by atoms with Crippen LogP contribution in [0.2, 0.25) is 0 Å². The molecular formula is C16H19FN6O. The third-order valence-electron chi connectivity index (χ3n) is 5.12. The summed E-state index contributed by atoms with van der Waals surface area (Å²) in [4.78, 5) is 22.2. The molecule has 2 aliphatic rings. The van der Waals surface area contributed by atoms with E-state index in [1.165, 1.54) is 12.4 Å². The number of carbonyl (C=O) groups is 1. The highest BCUT2D eigenvalue weighted by molar-refractivity contribution is 5.81. The maximum Gasteiger partial charge on any atom is 0.225 e. The molecule has 2 aromatic heterocycles. The van der Waals surface area contributed by atoms with Gasteiger partial charge < -0.3 is 10.2 Å². The van der Waals surface area contributed by atoms with E-state index in [0.717, 1.165) is 31.5 Å². The quantitative estimate of drug-likeness (QED) is 0.889. The van der Waals surface area contributed by atoms with Crippen LogP contribution in [0.3, 0.4) is 0 Å². The number of hydrogen-bond donors (Lipinski definition) is 1. The van der Waals surface area contributed by atoms with Crippen molar-refractivity contribution in [2.24, 2.45) is 7.05 Å². The number of rotatable bonds is 2. The third kappa shape index (κ3) is 2.51. The molecule has 4 rings (SSSR count). The van der Waals surface area contributed by atoms with Gasteiger partial charge in [-0.15, -0.1) is 0 Å². The third-order valence-corrected chi connectivity index (χ3v) is 5.12. The second kappa shape index (κ2) is 5.54. The van der Waals surface area contributed by atoms with E-state index in [1.807, 2.05) is 24.3 Å². The molecule has 2 fully saturated rings. The summed E-state index contributed by atoms with van der Waals surface area (Å²) in [5.41, 5.74) is 0.860. The van der Waals surface area contributed by atoms with Gasteiger partial charge in [-0.1, -0.05) is 0 Å². The number of halogens is 1. The first-order valence-corrected chi connectivity index (χ1v) is 8.08. The monoisotopic (exact) mass is 330 g/mol. The van der Waals surface area contributed by atoms with Crippen molar-refractivity contribution >= 4 is 11.9 Å². The summed E-state index contributed by atoms with van der Waals surface area (Å²) in [6, 6.07) is 0. The first-order valence-electron chi connectivity index (χ1n) is 8.08. The lowest BCUT2D eigenvalue weighted by Gasteiger charge is -2.42. The molecule has 126 valence electrons. The highest BCUT2D eigenvalue weighted by Gasteiger charge is 2.49. The second-order valence-electron chi connectivity index (χ2n) is 6.60. The Morgan fingerprint density at radius 1 is 1.25 bits per heavy atom. The summed E-state index contributed by atoms with van der Waals surface area (Å²) >= 11 is 0. The lowest BCUT2D eigenvalue weighted by atomic mass is 9.75. The molecular weight excluding hydrogens is 311 g/mol. The fourth-order valence-electron chi connectivity index (χ4n) is 3.90. The molecule has 2 saturated heterocycles. The van der Waals surface area contributed by atoms with Crippen LogP contribution in [0, 0.1) is 5.82 Å². The first-order chi connectivity index (χ1) is 11.6. The van der Waals surface area contributed by atoms with Crippen molar-refractivity contribution in [2.45, 2.75) is 30.7 Å². The van der Waals surface area contributed by atoms with Gasteiger partial charge in [0.15, 0.2) is 5.82 Å². The van der Waals surface area contributed by atoms with Gasteiger partial charge in [-0.2, -0.15) is 5.10 Å². The van der Waals surface area contributed by atoms with Crippen molar-refractivity contribution in [3.05, 3.63) is 36.2 Å². The van der Waals surface area contributed by atoms with Crippen molar-refractivity contribution in [1.82, 2.24) is 25.1 Å². The van der Waals surface area contributed by atoms with Gasteiger partial charge >= 0.3 is 0 Å². The molecule has 0 saturated carbocycles.